The Kier molecular flexibility index (Phi) is 3.91. The molecule has 1 amide bonds. The summed E-state index contributed by atoms with van der Waals surface area (Å²) in [5.74, 6) is 0.700. The van der Waals surface area contributed by atoms with Crippen LogP contribution in [0.15, 0.2) is 4.52 Å². The van der Waals surface area contributed by atoms with E-state index < -0.39 is 5.54 Å². The van der Waals surface area contributed by atoms with E-state index in [1.165, 1.54) is 0 Å². The Morgan fingerprint density at radius 1 is 1.42 bits per heavy atom. The van der Waals surface area contributed by atoms with Gasteiger partial charge in [0.1, 0.15) is 5.76 Å². The summed E-state index contributed by atoms with van der Waals surface area (Å²) >= 11 is 0. The highest BCUT2D eigenvalue weighted by molar-refractivity contribution is 5.86. The molecule has 2 N–H and O–H groups in total. The summed E-state index contributed by atoms with van der Waals surface area (Å²) in [5.41, 5.74) is 7.16. The molecule has 0 saturated carbocycles. The number of aromatic nitrogens is 1. The molecule has 6 nitrogen and oxygen atoms in total. The lowest BCUT2D eigenvalue weighted by Gasteiger charge is -2.35. The van der Waals surface area contributed by atoms with E-state index in [1.54, 1.807) is 11.9 Å². The molecule has 1 fully saturated rings. The van der Waals surface area contributed by atoms with Gasteiger partial charge in [-0.05, 0) is 26.7 Å². The van der Waals surface area contributed by atoms with Crippen molar-refractivity contribution < 1.29 is 14.1 Å². The molecule has 2 heterocycles. The minimum Gasteiger partial charge on any atom is -0.381 e. The molecule has 19 heavy (non-hydrogen) atoms. The molecule has 106 valence electrons. The van der Waals surface area contributed by atoms with Crippen LogP contribution in [-0.4, -0.2) is 41.8 Å². The van der Waals surface area contributed by atoms with Crippen molar-refractivity contribution in [2.45, 2.75) is 38.8 Å². The Labute approximate surface area is 112 Å². The van der Waals surface area contributed by atoms with Crippen molar-refractivity contribution >= 4 is 5.91 Å². The van der Waals surface area contributed by atoms with Crippen molar-refractivity contribution in [2.75, 3.05) is 20.3 Å². The van der Waals surface area contributed by atoms with Gasteiger partial charge in [-0.2, -0.15) is 0 Å². The number of likely N-dealkylation sites (N-methyl/N-ethyl adjacent to an activating group) is 1. The van der Waals surface area contributed by atoms with Gasteiger partial charge >= 0.3 is 0 Å². The second-order valence-corrected chi connectivity index (χ2v) is 5.23. The van der Waals surface area contributed by atoms with Gasteiger partial charge in [0.2, 0.25) is 5.91 Å². The predicted molar refractivity (Wildman–Crippen MR) is 69.4 cm³/mol. The summed E-state index contributed by atoms with van der Waals surface area (Å²) in [4.78, 5) is 14.1. The van der Waals surface area contributed by atoms with Crippen LogP contribution in [0.25, 0.3) is 0 Å². The standard InChI is InChI=1S/C13H21N3O3/c1-9-11(10(2)19-15-9)8-16(3)12(17)13(14)4-6-18-7-5-13/h4-8,14H2,1-3H3. The summed E-state index contributed by atoms with van der Waals surface area (Å²) in [5, 5.41) is 3.89. The van der Waals surface area contributed by atoms with E-state index >= 15 is 0 Å². The van der Waals surface area contributed by atoms with Gasteiger partial charge in [0.15, 0.2) is 0 Å². The van der Waals surface area contributed by atoms with Gasteiger partial charge in [0.05, 0.1) is 17.8 Å². The smallest absolute Gasteiger partial charge is 0.242 e. The van der Waals surface area contributed by atoms with E-state index in [0.717, 1.165) is 17.0 Å². The SMILES string of the molecule is Cc1noc(C)c1CN(C)C(=O)C1(N)CCOCC1. The number of carbonyl (C=O) groups is 1. The van der Waals surface area contributed by atoms with Crippen molar-refractivity contribution in [3.8, 4) is 0 Å². The highest BCUT2D eigenvalue weighted by atomic mass is 16.5. The number of nitrogens with zero attached hydrogens (tertiary/aromatic N) is 2. The average Bonchev–Trinajstić information content (AvgIpc) is 2.70. The van der Waals surface area contributed by atoms with Gasteiger partial charge in [-0.1, -0.05) is 5.16 Å². The third-order valence-corrected chi connectivity index (χ3v) is 3.73. The number of amides is 1. The van der Waals surface area contributed by atoms with Gasteiger partial charge in [0, 0.05) is 25.8 Å². The summed E-state index contributed by atoms with van der Waals surface area (Å²) in [7, 11) is 1.76. The first-order valence-corrected chi connectivity index (χ1v) is 6.48. The molecule has 0 aliphatic carbocycles. The van der Waals surface area contributed by atoms with Gasteiger partial charge in [-0.15, -0.1) is 0 Å². The largest absolute Gasteiger partial charge is 0.381 e. The zero-order chi connectivity index (χ0) is 14.0. The molecule has 0 atom stereocenters. The Morgan fingerprint density at radius 3 is 2.58 bits per heavy atom. The maximum absolute atomic E-state index is 12.5. The summed E-state index contributed by atoms with van der Waals surface area (Å²) in [6, 6.07) is 0. The monoisotopic (exact) mass is 267 g/mol. The van der Waals surface area contributed by atoms with Crippen molar-refractivity contribution in [1.29, 1.82) is 0 Å². The number of hydrogen-bond donors (Lipinski definition) is 1. The highest BCUT2D eigenvalue weighted by Crippen LogP contribution is 2.22. The molecule has 0 unspecified atom stereocenters. The van der Waals surface area contributed by atoms with Crippen LogP contribution in [-0.2, 0) is 16.1 Å². The van der Waals surface area contributed by atoms with E-state index in [2.05, 4.69) is 5.16 Å². The number of rotatable bonds is 3. The molecule has 1 aliphatic rings. The number of aryl methyl sites for hydroxylation is 2. The van der Waals surface area contributed by atoms with E-state index in [-0.39, 0.29) is 5.91 Å². The zero-order valence-corrected chi connectivity index (χ0v) is 11.7. The normalized spacial score (nSPS) is 18.3. The molecular formula is C13H21N3O3. The fourth-order valence-electron chi connectivity index (χ4n) is 2.37. The van der Waals surface area contributed by atoms with Crippen LogP contribution in [0.1, 0.15) is 29.9 Å². The molecule has 0 spiro atoms. The first kappa shape index (κ1) is 14.0. The van der Waals surface area contributed by atoms with E-state index in [9.17, 15) is 4.79 Å². The van der Waals surface area contributed by atoms with E-state index in [4.69, 9.17) is 15.0 Å². The van der Waals surface area contributed by atoms with Crippen LogP contribution in [0.5, 0.6) is 0 Å². The van der Waals surface area contributed by atoms with Crippen molar-refractivity contribution in [2.24, 2.45) is 5.73 Å². The minimum absolute atomic E-state index is 0.0456. The lowest BCUT2D eigenvalue weighted by molar-refractivity contribution is -0.139. The third kappa shape index (κ3) is 2.79. The van der Waals surface area contributed by atoms with Crippen molar-refractivity contribution in [3.63, 3.8) is 0 Å². The Balaban J connectivity index is 2.07. The number of hydrogen-bond acceptors (Lipinski definition) is 5. The minimum atomic E-state index is -0.800. The Hall–Kier alpha value is -1.40. The molecule has 1 aromatic heterocycles. The molecule has 2 rings (SSSR count). The van der Waals surface area contributed by atoms with Gasteiger partial charge in [0.25, 0.3) is 0 Å². The summed E-state index contributed by atoms with van der Waals surface area (Å²) in [6.45, 7) is 5.28. The van der Waals surface area contributed by atoms with Gasteiger partial charge < -0.3 is 19.9 Å². The molecule has 1 aliphatic heterocycles. The number of nitrogens with two attached hydrogens (primary N) is 1. The first-order valence-electron chi connectivity index (χ1n) is 6.48. The maximum atomic E-state index is 12.5. The number of ether oxygens (including phenoxy) is 1. The molecule has 6 heteroatoms. The fraction of sp³-hybridized carbons (Fsp3) is 0.692. The van der Waals surface area contributed by atoms with Gasteiger partial charge in [-0.3, -0.25) is 4.79 Å². The molecule has 0 bridgehead atoms. The van der Waals surface area contributed by atoms with E-state index in [0.29, 0.717) is 32.6 Å². The Morgan fingerprint density at radius 2 is 2.05 bits per heavy atom. The topological polar surface area (TPSA) is 81.6 Å². The Bertz CT molecular complexity index is 444. The molecule has 1 aromatic rings. The number of carbonyl (C=O) groups excluding carboxylic acids is 1. The second-order valence-electron chi connectivity index (χ2n) is 5.23. The quantitative estimate of drug-likeness (QED) is 0.874. The fourth-order valence-corrected chi connectivity index (χ4v) is 2.37. The van der Waals surface area contributed by atoms with Crippen molar-refractivity contribution in [1.82, 2.24) is 10.1 Å². The van der Waals surface area contributed by atoms with Gasteiger partial charge in [-0.25, -0.2) is 0 Å². The summed E-state index contributed by atoms with van der Waals surface area (Å²) in [6.07, 6.45) is 1.13. The van der Waals surface area contributed by atoms with Crippen LogP contribution >= 0.6 is 0 Å². The van der Waals surface area contributed by atoms with Crippen molar-refractivity contribution in [3.05, 3.63) is 17.0 Å². The summed E-state index contributed by atoms with van der Waals surface area (Å²) < 4.78 is 10.4. The molecule has 0 aromatic carbocycles. The lowest BCUT2D eigenvalue weighted by atomic mass is 9.89. The molecule has 0 radical (unpaired) electrons. The third-order valence-electron chi connectivity index (χ3n) is 3.73. The maximum Gasteiger partial charge on any atom is 0.242 e. The first-order chi connectivity index (χ1) is 8.94. The van der Waals surface area contributed by atoms with E-state index in [1.807, 2.05) is 13.8 Å². The van der Waals surface area contributed by atoms with Crippen LogP contribution in [0, 0.1) is 13.8 Å². The lowest BCUT2D eigenvalue weighted by Crippen LogP contribution is -2.57. The zero-order valence-electron chi connectivity index (χ0n) is 11.7. The van der Waals surface area contributed by atoms with Crippen LogP contribution < -0.4 is 5.73 Å². The molecule has 1 saturated heterocycles. The van der Waals surface area contributed by atoms with Crippen LogP contribution in [0.2, 0.25) is 0 Å². The average molecular weight is 267 g/mol. The molecular weight excluding hydrogens is 246 g/mol. The van der Waals surface area contributed by atoms with Crippen LogP contribution in [0.3, 0.4) is 0 Å². The van der Waals surface area contributed by atoms with Crippen LogP contribution in [0.4, 0.5) is 0 Å². The second kappa shape index (κ2) is 5.30. The predicted octanol–water partition coefficient (Wildman–Crippen LogP) is 0.758. The highest BCUT2D eigenvalue weighted by Gasteiger charge is 2.38.